The van der Waals surface area contributed by atoms with Crippen LogP contribution in [0.2, 0.25) is 0 Å². The first-order valence-electron chi connectivity index (χ1n) is 6.25. The van der Waals surface area contributed by atoms with Crippen LogP contribution in [0.4, 0.5) is 4.79 Å². The highest BCUT2D eigenvalue weighted by molar-refractivity contribution is 5.75. The van der Waals surface area contributed by atoms with Gasteiger partial charge in [-0.05, 0) is 7.05 Å². The molecule has 2 N–H and O–H groups in total. The highest BCUT2D eigenvalue weighted by atomic mass is 16.4. The summed E-state index contributed by atoms with van der Waals surface area (Å²) in [5.41, 5.74) is 2.86. The molecule has 7 nitrogen and oxygen atoms in total. The summed E-state index contributed by atoms with van der Waals surface area (Å²) in [6, 6.07) is -0.110. The van der Waals surface area contributed by atoms with Crippen molar-refractivity contribution in [1.82, 2.24) is 20.2 Å². The summed E-state index contributed by atoms with van der Waals surface area (Å²) in [5.74, 6) is -0.681. The van der Waals surface area contributed by atoms with Gasteiger partial charge >= 0.3 is 12.0 Å². The molecule has 0 radical (unpaired) electrons. The van der Waals surface area contributed by atoms with E-state index in [0.717, 1.165) is 26.2 Å². The topological polar surface area (TPSA) is 76.1 Å². The van der Waals surface area contributed by atoms with E-state index in [1.54, 1.807) is 4.90 Å². The third kappa shape index (κ3) is 3.33. The van der Waals surface area contributed by atoms with E-state index in [2.05, 4.69) is 17.4 Å². The number of amides is 2. The Kier molecular flexibility index (Phi) is 4.03. The molecule has 2 aliphatic heterocycles. The van der Waals surface area contributed by atoms with E-state index in [-0.39, 0.29) is 18.4 Å². The van der Waals surface area contributed by atoms with Gasteiger partial charge in [0.25, 0.3) is 0 Å². The lowest BCUT2D eigenvalue weighted by atomic mass is 9.97. The van der Waals surface area contributed by atoms with Gasteiger partial charge in [-0.15, -0.1) is 0 Å². The number of aliphatic carboxylic acids is 1. The summed E-state index contributed by atoms with van der Waals surface area (Å²) in [7, 11) is 2.06. The van der Waals surface area contributed by atoms with Crippen LogP contribution in [-0.2, 0) is 4.79 Å². The highest BCUT2D eigenvalue weighted by Gasteiger charge is 2.32. The van der Waals surface area contributed by atoms with Gasteiger partial charge in [-0.25, -0.2) is 9.80 Å². The molecule has 7 heteroatoms. The number of carboxylic acids is 1. The molecule has 0 spiro atoms. The Morgan fingerprint density at radius 1 is 1.22 bits per heavy atom. The number of hydrogen-bond donors (Lipinski definition) is 2. The SMILES string of the molecule is CN1CCN(NC(=O)N2CC(CC(=O)O)C2)CC1. The molecule has 2 saturated heterocycles. The van der Waals surface area contributed by atoms with E-state index in [0.29, 0.717) is 13.1 Å². The molecule has 2 fully saturated rings. The van der Waals surface area contributed by atoms with E-state index in [9.17, 15) is 9.59 Å². The Labute approximate surface area is 106 Å². The van der Waals surface area contributed by atoms with Gasteiger partial charge in [0.15, 0.2) is 0 Å². The molecule has 0 aromatic carbocycles. The van der Waals surface area contributed by atoms with Crippen LogP contribution in [0.25, 0.3) is 0 Å². The second-order valence-electron chi connectivity index (χ2n) is 5.08. The molecule has 0 bridgehead atoms. The van der Waals surface area contributed by atoms with Gasteiger partial charge in [0.2, 0.25) is 0 Å². The average molecular weight is 256 g/mol. The fraction of sp³-hybridized carbons (Fsp3) is 0.818. The quantitative estimate of drug-likeness (QED) is 0.696. The van der Waals surface area contributed by atoms with E-state index >= 15 is 0 Å². The first-order chi connectivity index (χ1) is 8.54. The van der Waals surface area contributed by atoms with Crippen LogP contribution in [-0.4, -0.2) is 78.2 Å². The lowest BCUT2D eigenvalue weighted by Crippen LogP contribution is -2.60. The van der Waals surface area contributed by atoms with Gasteiger partial charge in [0, 0.05) is 45.2 Å². The summed E-state index contributed by atoms with van der Waals surface area (Å²) >= 11 is 0. The Bertz CT molecular complexity index is 322. The second kappa shape index (κ2) is 5.53. The predicted octanol–water partition coefficient (Wildman–Crippen LogP) is -0.735. The summed E-state index contributed by atoms with van der Waals surface area (Å²) in [6.45, 7) is 4.64. The van der Waals surface area contributed by atoms with E-state index < -0.39 is 5.97 Å². The van der Waals surface area contributed by atoms with Crippen LogP contribution in [0.15, 0.2) is 0 Å². The number of piperazine rings is 1. The van der Waals surface area contributed by atoms with Crippen molar-refractivity contribution < 1.29 is 14.7 Å². The maximum atomic E-state index is 11.8. The summed E-state index contributed by atoms with van der Waals surface area (Å²) in [6.07, 6.45) is 0.151. The molecule has 0 saturated carbocycles. The van der Waals surface area contributed by atoms with Crippen LogP contribution in [0.1, 0.15) is 6.42 Å². The molecule has 18 heavy (non-hydrogen) atoms. The highest BCUT2D eigenvalue weighted by Crippen LogP contribution is 2.18. The number of carboxylic acid groups (broad SMARTS) is 1. The van der Waals surface area contributed by atoms with Gasteiger partial charge in [0.05, 0.1) is 6.42 Å². The van der Waals surface area contributed by atoms with Crippen LogP contribution in [0.3, 0.4) is 0 Å². The fourth-order valence-corrected chi connectivity index (χ4v) is 2.24. The molecule has 2 aliphatic rings. The van der Waals surface area contributed by atoms with E-state index in [1.165, 1.54) is 0 Å². The standard InChI is InChI=1S/C11H20N4O3/c1-13-2-4-15(5-3-13)12-11(18)14-7-9(8-14)6-10(16)17/h9H,2-8H2,1H3,(H,12,18)(H,16,17). The van der Waals surface area contributed by atoms with Gasteiger partial charge in [0.1, 0.15) is 0 Å². The zero-order chi connectivity index (χ0) is 13.1. The minimum absolute atomic E-state index is 0.110. The lowest BCUT2D eigenvalue weighted by Gasteiger charge is -2.40. The van der Waals surface area contributed by atoms with Crippen molar-refractivity contribution in [3.05, 3.63) is 0 Å². The molecule has 2 rings (SSSR count). The maximum Gasteiger partial charge on any atom is 0.331 e. The van der Waals surface area contributed by atoms with Crippen molar-refractivity contribution in [3.63, 3.8) is 0 Å². The first kappa shape index (κ1) is 13.1. The van der Waals surface area contributed by atoms with Crippen LogP contribution >= 0.6 is 0 Å². The van der Waals surface area contributed by atoms with Gasteiger partial charge in [-0.1, -0.05) is 0 Å². The number of carbonyl (C=O) groups is 2. The van der Waals surface area contributed by atoms with Crippen molar-refractivity contribution in [2.75, 3.05) is 46.3 Å². The second-order valence-corrected chi connectivity index (χ2v) is 5.08. The minimum atomic E-state index is -0.792. The van der Waals surface area contributed by atoms with E-state index in [1.807, 2.05) is 5.01 Å². The summed E-state index contributed by atoms with van der Waals surface area (Å²) in [5, 5.41) is 10.6. The molecule has 2 heterocycles. The van der Waals surface area contributed by atoms with Crippen molar-refractivity contribution in [3.8, 4) is 0 Å². The molecular weight excluding hydrogens is 236 g/mol. The zero-order valence-electron chi connectivity index (χ0n) is 10.6. The Morgan fingerprint density at radius 3 is 2.39 bits per heavy atom. The normalized spacial score (nSPS) is 22.6. The number of hydrazine groups is 1. The number of nitrogens with zero attached hydrogens (tertiary/aromatic N) is 3. The Balaban J connectivity index is 1.66. The first-order valence-corrected chi connectivity index (χ1v) is 6.25. The number of hydrogen-bond acceptors (Lipinski definition) is 4. The monoisotopic (exact) mass is 256 g/mol. The summed E-state index contributed by atoms with van der Waals surface area (Å²) in [4.78, 5) is 26.2. The molecule has 0 aliphatic carbocycles. The smallest absolute Gasteiger partial charge is 0.331 e. The predicted molar refractivity (Wildman–Crippen MR) is 64.9 cm³/mol. The lowest BCUT2D eigenvalue weighted by molar-refractivity contribution is -0.139. The number of carbonyl (C=O) groups excluding carboxylic acids is 1. The van der Waals surface area contributed by atoms with Gasteiger partial charge in [-0.2, -0.15) is 0 Å². The average Bonchev–Trinajstić information content (AvgIpc) is 2.25. The van der Waals surface area contributed by atoms with Crippen molar-refractivity contribution in [2.45, 2.75) is 6.42 Å². The number of rotatable bonds is 3. The van der Waals surface area contributed by atoms with Crippen LogP contribution in [0.5, 0.6) is 0 Å². The molecule has 0 atom stereocenters. The number of urea groups is 1. The number of nitrogens with one attached hydrogen (secondary N) is 1. The van der Waals surface area contributed by atoms with Crippen molar-refractivity contribution in [1.29, 1.82) is 0 Å². The van der Waals surface area contributed by atoms with Gasteiger partial charge in [-0.3, -0.25) is 10.2 Å². The summed E-state index contributed by atoms with van der Waals surface area (Å²) < 4.78 is 0. The van der Waals surface area contributed by atoms with Crippen LogP contribution in [0, 0.1) is 5.92 Å². The zero-order valence-corrected chi connectivity index (χ0v) is 10.6. The van der Waals surface area contributed by atoms with Crippen LogP contribution < -0.4 is 5.43 Å². The van der Waals surface area contributed by atoms with Crippen molar-refractivity contribution >= 4 is 12.0 Å². The molecule has 102 valence electrons. The third-order valence-corrected chi connectivity index (χ3v) is 3.46. The molecule has 2 amide bonds. The molecule has 0 aromatic rings. The number of likely N-dealkylation sites (tertiary alicyclic amines) is 1. The molecule has 0 unspecified atom stereocenters. The fourth-order valence-electron chi connectivity index (χ4n) is 2.24. The molecule has 0 aromatic heterocycles. The third-order valence-electron chi connectivity index (χ3n) is 3.46. The maximum absolute atomic E-state index is 11.8. The Hall–Kier alpha value is -1.34. The van der Waals surface area contributed by atoms with Crippen molar-refractivity contribution in [2.24, 2.45) is 5.92 Å². The number of likely N-dealkylation sites (N-methyl/N-ethyl adjacent to an activating group) is 1. The van der Waals surface area contributed by atoms with Gasteiger partial charge < -0.3 is 14.9 Å². The Morgan fingerprint density at radius 2 is 1.83 bits per heavy atom. The minimum Gasteiger partial charge on any atom is -0.481 e. The largest absolute Gasteiger partial charge is 0.481 e. The molecular formula is C11H20N4O3. The van der Waals surface area contributed by atoms with E-state index in [4.69, 9.17) is 5.11 Å².